The summed E-state index contributed by atoms with van der Waals surface area (Å²) in [6, 6.07) is 1.93. The normalized spacial score (nSPS) is 9.77. The number of rotatable bonds is 2. The predicted octanol–water partition coefficient (Wildman–Crippen LogP) is 1.74. The van der Waals surface area contributed by atoms with Gasteiger partial charge >= 0.3 is 0 Å². The van der Waals surface area contributed by atoms with E-state index in [1.807, 2.05) is 0 Å². The van der Waals surface area contributed by atoms with Crippen LogP contribution in [0.1, 0.15) is 17.3 Å². The molecule has 0 aliphatic heterocycles. The topological polar surface area (TPSA) is 46.5 Å². The smallest absolute Gasteiger partial charge is 0.167 e. The van der Waals surface area contributed by atoms with Crippen LogP contribution in [0.25, 0.3) is 0 Å². The summed E-state index contributed by atoms with van der Waals surface area (Å²) < 4.78 is 17.5. The second-order valence-electron chi connectivity index (χ2n) is 2.56. The summed E-state index contributed by atoms with van der Waals surface area (Å²) in [6.45, 7) is 1.27. The number of methoxy groups -OCH3 is 1. The summed E-state index contributed by atoms with van der Waals surface area (Å²) in [6.07, 6.45) is 0. The Morgan fingerprint density at radius 3 is 2.62 bits per heavy atom. The summed E-state index contributed by atoms with van der Waals surface area (Å²) in [5.74, 6) is -1.36. The van der Waals surface area contributed by atoms with Gasteiger partial charge in [0.1, 0.15) is 22.9 Å². The lowest BCUT2D eigenvalue weighted by molar-refractivity contribution is 0.101. The summed E-state index contributed by atoms with van der Waals surface area (Å²) in [7, 11) is 1.31. The molecule has 0 spiro atoms. The van der Waals surface area contributed by atoms with Crippen LogP contribution < -0.4 is 4.74 Å². The summed E-state index contributed by atoms with van der Waals surface area (Å²) >= 11 is 0. The van der Waals surface area contributed by atoms with Gasteiger partial charge in [0.05, 0.1) is 7.11 Å². The van der Waals surface area contributed by atoms with Crippen molar-refractivity contribution in [3.63, 3.8) is 0 Å². The van der Waals surface area contributed by atoms with Gasteiger partial charge in [0.2, 0.25) is 0 Å². The largest absolute Gasteiger partial charge is 0.507 e. The van der Waals surface area contributed by atoms with Gasteiger partial charge in [-0.25, -0.2) is 4.39 Å². The molecule has 0 atom stereocenters. The maximum atomic E-state index is 12.7. The molecule has 0 fully saturated rings. The summed E-state index contributed by atoms with van der Waals surface area (Å²) in [5, 5.41) is 9.23. The number of phenolic OH excluding ortho intramolecular Hbond substituents is 1. The van der Waals surface area contributed by atoms with Crippen molar-refractivity contribution in [2.24, 2.45) is 0 Å². The van der Waals surface area contributed by atoms with Gasteiger partial charge in [0, 0.05) is 12.1 Å². The van der Waals surface area contributed by atoms with Gasteiger partial charge in [-0.3, -0.25) is 4.79 Å². The van der Waals surface area contributed by atoms with E-state index in [1.165, 1.54) is 14.0 Å². The van der Waals surface area contributed by atoms with Crippen molar-refractivity contribution in [2.75, 3.05) is 7.11 Å². The molecule has 0 unspecified atom stereocenters. The highest BCUT2D eigenvalue weighted by Crippen LogP contribution is 2.29. The van der Waals surface area contributed by atoms with E-state index in [2.05, 4.69) is 0 Å². The lowest BCUT2D eigenvalue weighted by Crippen LogP contribution is -1.98. The average molecular weight is 184 g/mol. The third-order valence-electron chi connectivity index (χ3n) is 1.62. The van der Waals surface area contributed by atoms with Crippen molar-refractivity contribution < 1.29 is 19.0 Å². The standard InChI is InChI=1S/C9H9FO3/c1-5(11)9-7(12)3-6(10)4-8(9)13-2/h3-4,12H,1-2H3. The van der Waals surface area contributed by atoms with E-state index < -0.39 is 11.6 Å². The van der Waals surface area contributed by atoms with Gasteiger partial charge in [-0.1, -0.05) is 0 Å². The average Bonchev–Trinajstić information content (AvgIpc) is 2.01. The Bertz CT molecular complexity index is 347. The van der Waals surface area contributed by atoms with Crippen molar-refractivity contribution >= 4 is 5.78 Å². The zero-order valence-electron chi connectivity index (χ0n) is 7.30. The predicted molar refractivity (Wildman–Crippen MR) is 44.6 cm³/mol. The number of hydrogen-bond acceptors (Lipinski definition) is 3. The molecule has 1 rings (SSSR count). The first kappa shape index (κ1) is 9.51. The quantitative estimate of drug-likeness (QED) is 0.712. The van der Waals surface area contributed by atoms with Crippen LogP contribution in [0.15, 0.2) is 12.1 Å². The zero-order chi connectivity index (χ0) is 10.0. The van der Waals surface area contributed by atoms with Crippen LogP contribution in [-0.2, 0) is 0 Å². The molecule has 0 saturated heterocycles. The molecule has 0 radical (unpaired) electrons. The van der Waals surface area contributed by atoms with Gasteiger partial charge in [0.25, 0.3) is 0 Å². The number of ether oxygens (including phenoxy) is 1. The number of Topliss-reactive ketones (excluding diaryl/α,β-unsaturated/α-hetero) is 1. The molecule has 1 aromatic rings. The van der Waals surface area contributed by atoms with E-state index in [9.17, 15) is 14.3 Å². The van der Waals surface area contributed by atoms with Gasteiger partial charge in [-0.05, 0) is 6.92 Å². The van der Waals surface area contributed by atoms with Crippen LogP contribution in [0, 0.1) is 5.82 Å². The molecule has 0 aromatic heterocycles. The van der Waals surface area contributed by atoms with Crippen molar-refractivity contribution in [3.05, 3.63) is 23.5 Å². The fourth-order valence-corrected chi connectivity index (χ4v) is 1.08. The molecule has 0 heterocycles. The van der Waals surface area contributed by atoms with Crippen LogP contribution in [0.5, 0.6) is 11.5 Å². The Kier molecular flexibility index (Phi) is 2.51. The van der Waals surface area contributed by atoms with Crippen LogP contribution in [0.4, 0.5) is 4.39 Å². The van der Waals surface area contributed by atoms with E-state index in [4.69, 9.17) is 4.74 Å². The monoisotopic (exact) mass is 184 g/mol. The lowest BCUT2D eigenvalue weighted by Gasteiger charge is -2.07. The number of carbonyl (C=O) groups is 1. The zero-order valence-corrected chi connectivity index (χ0v) is 7.30. The van der Waals surface area contributed by atoms with Gasteiger partial charge in [-0.2, -0.15) is 0 Å². The number of carbonyl (C=O) groups excluding carboxylic acids is 1. The van der Waals surface area contributed by atoms with Crippen LogP contribution in [0.3, 0.4) is 0 Å². The minimum Gasteiger partial charge on any atom is -0.507 e. The highest BCUT2D eigenvalue weighted by atomic mass is 19.1. The highest BCUT2D eigenvalue weighted by Gasteiger charge is 2.14. The molecular formula is C9H9FO3. The highest BCUT2D eigenvalue weighted by molar-refractivity contribution is 5.99. The van der Waals surface area contributed by atoms with Crippen LogP contribution >= 0.6 is 0 Å². The lowest BCUT2D eigenvalue weighted by atomic mass is 10.1. The summed E-state index contributed by atoms with van der Waals surface area (Å²) in [4.78, 5) is 11.0. The van der Waals surface area contributed by atoms with Crippen LogP contribution in [0.2, 0.25) is 0 Å². The Balaban J connectivity index is 3.38. The van der Waals surface area contributed by atoms with Crippen molar-refractivity contribution in [2.45, 2.75) is 6.92 Å². The van der Waals surface area contributed by atoms with Crippen molar-refractivity contribution in [1.82, 2.24) is 0 Å². The number of aromatic hydroxyl groups is 1. The van der Waals surface area contributed by atoms with E-state index in [0.717, 1.165) is 12.1 Å². The Hall–Kier alpha value is -1.58. The molecule has 0 aliphatic carbocycles. The number of halogens is 1. The fraction of sp³-hybridized carbons (Fsp3) is 0.222. The third kappa shape index (κ3) is 1.77. The molecule has 4 heteroatoms. The fourth-order valence-electron chi connectivity index (χ4n) is 1.08. The maximum Gasteiger partial charge on any atom is 0.167 e. The molecule has 0 saturated carbocycles. The van der Waals surface area contributed by atoms with Gasteiger partial charge < -0.3 is 9.84 Å². The van der Waals surface area contributed by atoms with Gasteiger partial charge in [-0.15, -0.1) is 0 Å². The van der Waals surface area contributed by atoms with Gasteiger partial charge in [0.15, 0.2) is 5.78 Å². The first-order valence-electron chi connectivity index (χ1n) is 3.63. The number of ketones is 1. The minimum absolute atomic E-state index is 0.00361. The molecule has 0 aliphatic rings. The van der Waals surface area contributed by atoms with Crippen LogP contribution in [-0.4, -0.2) is 18.0 Å². The van der Waals surface area contributed by atoms with Crippen molar-refractivity contribution in [1.29, 1.82) is 0 Å². The third-order valence-corrected chi connectivity index (χ3v) is 1.62. The molecule has 3 nitrogen and oxygen atoms in total. The van der Waals surface area contributed by atoms with Crippen molar-refractivity contribution in [3.8, 4) is 11.5 Å². The Morgan fingerprint density at radius 1 is 1.54 bits per heavy atom. The second-order valence-corrected chi connectivity index (χ2v) is 2.56. The molecule has 0 amide bonds. The maximum absolute atomic E-state index is 12.7. The molecule has 0 bridgehead atoms. The molecular weight excluding hydrogens is 175 g/mol. The summed E-state index contributed by atoms with van der Waals surface area (Å²) in [5.41, 5.74) is 0.00361. The second kappa shape index (κ2) is 3.43. The first-order valence-corrected chi connectivity index (χ1v) is 3.63. The molecule has 13 heavy (non-hydrogen) atoms. The number of benzene rings is 1. The number of phenols is 1. The van der Waals surface area contributed by atoms with E-state index >= 15 is 0 Å². The van der Waals surface area contributed by atoms with E-state index in [0.29, 0.717) is 0 Å². The van der Waals surface area contributed by atoms with E-state index in [-0.39, 0.29) is 17.1 Å². The SMILES string of the molecule is COc1cc(F)cc(O)c1C(C)=O. The Labute approximate surface area is 74.8 Å². The minimum atomic E-state index is -0.639. The molecule has 1 aromatic carbocycles. The first-order chi connectivity index (χ1) is 6.06. The molecule has 1 N–H and O–H groups in total. The molecule has 70 valence electrons. The Morgan fingerprint density at radius 2 is 2.15 bits per heavy atom. The van der Waals surface area contributed by atoms with E-state index in [1.54, 1.807) is 0 Å². The number of hydrogen-bond donors (Lipinski definition) is 1.